The molecule has 0 aliphatic rings. The first kappa shape index (κ1) is 16.0. The molecule has 1 aromatic heterocycles. The molecule has 108 valence electrons. The van der Waals surface area contributed by atoms with E-state index in [0.29, 0.717) is 16.0 Å². The molecule has 0 aliphatic heterocycles. The van der Waals surface area contributed by atoms with E-state index in [4.69, 9.17) is 0 Å². The molecule has 1 aromatic rings. The molecule has 5 nitrogen and oxygen atoms in total. The molecule has 0 radical (unpaired) electrons. The number of nitrogens with one attached hydrogen (secondary N) is 2. The largest absolute Gasteiger partial charge is 0.405 e. The van der Waals surface area contributed by atoms with Gasteiger partial charge in [-0.05, 0) is 13.8 Å². The second-order valence-electron chi connectivity index (χ2n) is 3.50. The van der Waals surface area contributed by atoms with Gasteiger partial charge in [0.25, 0.3) is 0 Å². The molecule has 1 heterocycles. The van der Waals surface area contributed by atoms with Crippen molar-refractivity contribution >= 4 is 34.1 Å². The second kappa shape index (κ2) is 6.94. The average molecular weight is 314 g/mol. The maximum absolute atomic E-state index is 11.9. The topological polar surface area (TPSA) is 66.9 Å². The van der Waals surface area contributed by atoms with Crippen molar-refractivity contribution in [2.24, 2.45) is 0 Å². The Labute approximate surface area is 116 Å². The molecule has 0 aromatic carbocycles. The van der Waals surface area contributed by atoms with Crippen LogP contribution in [0, 0.1) is 0 Å². The predicted octanol–water partition coefficient (Wildman–Crippen LogP) is 2.13. The highest BCUT2D eigenvalue weighted by molar-refractivity contribution is 8.02. The molecule has 0 bridgehead atoms. The fourth-order valence-corrected chi connectivity index (χ4v) is 3.00. The normalized spacial score (nSPS) is 13.1. The minimum atomic E-state index is -4.40. The summed E-state index contributed by atoms with van der Waals surface area (Å²) >= 11 is 2.33. The van der Waals surface area contributed by atoms with E-state index < -0.39 is 23.9 Å². The Balaban J connectivity index is 2.44. The van der Waals surface area contributed by atoms with Crippen molar-refractivity contribution in [2.45, 2.75) is 29.6 Å². The van der Waals surface area contributed by atoms with Gasteiger partial charge in [-0.25, -0.2) is 0 Å². The zero-order valence-corrected chi connectivity index (χ0v) is 11.9. The lowest BCUT2D eigenvalue weighted by molar-refractivity contribution is -0.137. The third-order valence-corrected chi connectivity index (χ3v) is 3.91. The van der Waals surface area contributed by atoms with Gasteiger partial charge in [0.1, 0.15) is 6.54 Å². The minimum Gasteiger partial charge on any atom is -0.360 e. The Kier molecular flexibility index (Phi) is 5.85. The fourth-order valence-electron chi connectivity index (χ4n) is 1.02. The van der Waals surface area contributed by atoms with Gasteiger partial charge in [0.05, 0.1) is 5.25 Å². The number of aromatic nitrogens is 2. The highest BCUT2D eigenvalue weighted by Crippen LogP contribution is 2.28. The van der Waals surface area contributed by atoms with Crippen molar-refractivity contribution in [3.63, 3.8) is 0 Å². The smallest absolute Gasteiger partial charge is 0.360 e. The van der Waals surface area contributed by atoms with Crippen molar-refractivity contribution < 1.29 is 18.0 Å². The minimum absolute atomic E-state index is 0.533. The third-order valence-electron chi connectivity index (χ3n) is 1.84. The monoisotopic (exact) mass is 314 g/mol. The zero-order chi connectivity index (χ0) is 14.5. The number of amides is 1. The number of rotatable bonds is 6. The van der Waals surface area contributed by atoms with Crippen LogP contribution < -0.4 is 10.6 Å². The lowest BCUT2D eigenvalue weighted by atomic mass is 10.4. The summed E-state index contributed by atoms with van der Waals surface area (Å²) in [7, 11) is 0. The molecule has 1 unspecified atom stereocenters. The van der Waals surface area contributed by atoms with E-state index in [1.54, 1.807) is 0 Å². The Morgan fingerprint density at radius 1 is 1.47 bits per heavy atom. The lowest BCUT2D eigenvalue weighted by Gasteiger charge is -2.11. The lowest BCUT2D eigenvalue weighted by Crippen LogP contribution is -2.37. The number of thioether (sulfide) groups is 1. The summed E-state index contributed by atoms with van der Waals surface area (Å²) in [4.78, 5) is 11.4. The molecular weight excluding hydrogens is 301 g/mol. The Morgan fingerprint density at radius 2 is 2.16 bits per heavy atom. The number of halogens is 3. The maximum atomic E-state index is 11.9. The van der Waals surface area contributed by atoms with Gasteiger partial charge in [0, 0.05) is 6.54 Å². The maximum Gasteiger partial charge on any atom is 0.405 e. The molecule has 0 saturated heterocycles. The Morgan fingerprint density at radius 3 is 2.74 bits per heavy atom. The molecule has 0 spiro atoms. The average Bonchev–Trinajstić information content (AvgIpc) is 2.73. The second-order valence-corrected chi connectivity index (χ2v) is 6.06. The van der Waals surface area contributed by atoms with E-state index >= 15 is 0 Å². The molecular formula is C9H13F3N4OS2. The Bertz CT molecular complexity index is 424. The molecule has 10 heteroatoms. The van der Waals surface area contributed by atoms with E-state index in [9.17, 15) is 18.0 Å². The van der Waals surface area contributed by atoms with Crippen molar-refractivity contribution in [1.82, 2.24) is 15.5 Å². The molecule has 0 fully saturated rings. The van der Waals surface area contributed by atoms with Crippen LogP contribution in [0.25, 0.3) is 0 Å². The van der Waals surface area contributed by atoms with Gasteiger partial charge in [0.2, 0.25) is 11.0 Å². The van der Waals surface area contributed by atoms with Crippen LogP contribution in [0.15, 0.2) is 4.34 Å². The van der Waals surface area contributed by atoms with Crippen LogP contribution in [-0.4, -0.2) is 40.6 Å². The van der Waals surface area contributed by atoms with Crippen molar-refractivity contribution in [2.75, 3.05) is 18.4 Å². The van der Waals surface area contributed by atoms with E-state index in [2.05, 4.69) is 15.5 Å². The number of hydrogen-bond acceptors (Lipinski definition) is 6. The molecule has 1 amide bonds. The quantitative estimate of drug-likeness (QED) is 0.787. The van der Waals surface area contributed by atoms with Crippen molar-refractivity contribution in [1.29, 1.82) is 0 Å². The number of carbonyl (C=O) groups excluding carboxylic acids is 1. The van der Waals surface area contributed by atoms with Crippen LogP contribution in [0.4, 0.5) is 18.3 Å². The molecule has 1 atom stereocenters. The highest BCUT2D eigenvalue weighted by atomic mass is 32.2. The Hall–Kier alpha value is -1.03. The van der Waals surface area contributed by atoms with Crippen molar-refractivity contribution in [3.05, 3.63) is 0 Å². The summed E-state index contributed by atoms with van der Waals surface area (Å²) in [5, 5.41) is 12.4. The van der Waals surface area contributed by atoms with Gasteiger partial charge in [-0.1, -0.05) is 23.1 Å². The van der Waals surface area contributed by atoms with Crippen LogP contribution in [0.2, 0.25) is 0 Å². The first-order valence-electron chi connectivity index (χ1n) is 5.40. The van der Waals surface area contributed by atoms with E-state index in [1.165, 1.54) is 18.3 Å². The molecule has 0 aliphatic carbocycles. The van der Waals surface area contributed by atoms with E-state index in [-0.39, 0.29) is 0 Å². The van der Waals surface area contributed by atoms with Gasteiger partial charge in [-0.3, -0.25) is 4.79 Å². The number of hydrogen-bond donors (Lipinski definition) is 2. The van der Waals surface area contributed by atoms with Crippen LogP contribution in [0.1, 0.15) is 13.8 Å². The van der Waals surface area contributed by atoms with Crippen LogP contribution in [0.5, 0.6) is 0 Å². The summed E-state index contributed by atoms with van der Waals surface area (Å²) in [5.41, 5.74) is 0. The van der Waals surface area contributed by atoms with Gasteiger partial charge in [0.15, 0.2) is 4.34 Å². The summed E-state index contributed by atoms with van der Waals surface area (Å²) in [6.07, 6.45) is -4.40. The summed E-state index contributed by atoms with van der Waals surface area (Å²) < 4.78 is 36.4. The first-order chi connectivity index (χ1) is 8.81. The van der Waals surface area contributed by atoms with Crippen LogP contribution in [-0.2, 0) is 4.79 Å². The summed E-state index contributed by atoms with van der Waals surface area (Å²) in [6.45, 7) is 2.79. The van der Waals surface area contributed by atoms with Gasteiger partial charge in [-0.15, -0.1) is 10.2 Å². The molecule has 1 rings (SSSR count). The van der Waals surface area contributed by atoms with E-state index in [0.717, 1.165) is 11.8 Å². The molecule has 0 saturated carbocycles. The SMILES string of the molecule is CCNc1nnc(SC(C)C(=O)NCC(F)(F)F)s1. The van der Waals surface area contributed by atoms with Crippen LogP contribution in [0.3, 0.4) is 0 Å². The summed E-state index contributed by atoms with van der Waals surface area (Å²) in [6, 6.07) is 0. The predicted molar refractivity (Wildman–Crippen MR) is 68.5 cm³/mol. The summed E-state index contributed by atoms with van der Waals surface area (Å²) in [5.74, 6) is -0.678. The third kappa shape index (κ3) is 6.10. The van der Waals surface area contributed by atoms with Gasteiger partial charge < -0.3 is 10.6 Å². The van der Waals surface area contributed by atoms with Crippen molar-refractivity contribution in [3.8, 4) is 0 Å². The number of carbonyl (C=O) groups is 1. The highest BCUT2D eigenvalue weighted by Gasteiger charge is 2.29. The molecule has 2 N–H and O–H groups in total. The van der Waals surface area contributed by atoms with Gasteiger partial charge >= 0.3 is 6.18 Å². The van der Waals surface area contributed by atoms with E-state index in [1.807, 2.05) is 12.2 Å². The standard InChI is InChI=1S/C9H13F3N4OS2/c1-3-13-7-15-16-8(19-7)18-5(2)6(17)14-4-9(10,11)12/h5H,3-4H2,1-2H3,(H,13,15)(H,14,17). The zero-order valence-electron chi connectivity index (χ0n) is 10.2. The van der Waals surface area contributed by atoms with Gasteiger partial charge in [-0.2, -0.15) is 13.2 Å². The number of alkyl halides is 3. The number of nitrogens with zero attached hydrogens (tertiary/aromatic N) is 2. The number of anilines is 1. The fraction of sp³-hybridized carbons (Fsp3) is 0.667. The first-order valence-corrected chi connectivity index (χ1v) is 7.10. The van der Waals surface area contributed by atoms with Crippen LogP contribution >= 0.6 is 23.1 Å². The molecule has 19 heavy (non-hydrogen) atoms.